The maximum atomic E-state index is 12.0. The molecule has 0 aliphatic carbocycles. The number of rotatable bonds is 5. The molecule has 2 aromatic rings. The van der Waals surface area contributed by atoms with Crippen molar-refractivity contribution in [2.45, 2.75) is 13.8 Å². The van der Waals surface area contributed by atoms with Crippen molar-refractivity contribution in [3.63, 3.8) is 0 Å². The van der Waals surface area contributed by atoms with E-state index >= 15 is 0 Å². The first kappa shape index (κ1) is 15.6. The minimum absolute atomic E-state index is 0.144. The molecule has 0 saturated heterocycles. The minimum Gasteiger partial charge on any atom is -0.376 e. The van der Waals surface area contributed by atoms with E-state index in [1.807, 2.05) is 26.0 Å². The number of amides is 2. The molecule has 2 rings (SSSR count). The highest BCUT2D eigenvalue weighted by atomic mass is 16.2. The van der Waals surface area contributed by atoms with Gasteiger partial charge in [-0.25, -0.2) is 0 Å². The van der Waals surface area contributed by atoms with Crippen LogP contribution in [-0.4, -0.2) is 18.4 Å². The topological polar surface area (TPSA) is 84.2 Å². The number of nitrogens with one attached hydrogen (secondary N) is 2. The Hall–Kier alpha value is -2.82. The van der Waals surface area contributed by atoms with Gasteiger partial charge >= 0.3 is 0 Å². The van der Waals surface area contributed by atoms with Crippen molar-refractivity contribution in [2.75, 3.05) is 17.2 Å². The lowest BCUT2D eigenvalue weighted by molar-refractivity contribution is -0.114. The van der Waals surface area contributed by atoms with E-state index < -0.39 is 5.91 Å². The summed E-state index contributed by atoms with van der Waals surface area (Å²) in [5.41, 5.74) is 9.31. The third-order valence-electron chi connectivity index (χ3n) is 3.25. The molecule has 114 valence electrons. The second kappa shape index (κ2) is 6.76. The molecular formula is C17H19N3O2. The second-order valence-electron chi connectivity index (χ2n) is 5.17. The summed E-state index contributed by atoms with van der Waals surface area (Å²) in [7, 11) is 0. The first-order valence-electron chi connectivity index (χ1n) is 6.96. The largest absolute Gasteiger partial charge is 0.376 e. The molecule has 0 bridgehead atoms. The molecule has 0 aromatic heterocycles. The zero-order valence-electron chi connectivity index (χ0n) is 12.6. The number of benzene rings is 2. The van der Waals surface area contributed by atoms with Crippen LogP contribution >= 0.6 is 0 Å². The molecule has 0 radical (unpaired) electrons. The summed E-state index contributed by atoms with van der Waals surface area (Å²) in [6.45, 7) is 4.16. The summed E-state index contributed by atoms with van der Waals surface area (Å²) in [5.74, 6) is -0.717. The Bertz CT molecular complexity index is 711. The Morgan fingerprint density at radius 1 is 1.09 bits per heavy atom. The van der Waals surface area contributed by atoms with E-state index in [-0.39, 0.29) is 12.5 Å². The molecule has 0 heterocycles. The van der Waals surface area contributed by atoms with Crippen LogP contribution in [0.25, 0.3) is 0 Å². The van der Waals surface area contributed by atoms with Crippen molar-refractivity contribution >= 4 is 23.2 Å². The van der Waals surface area contributed by atoms with Gasteiger partial charge in [-0.3, -0.25) is 9.59 Å². The average molecular weight is 297 g/mol. The smallest absolute Gasteiger partial charge is 0.248 e. The van der Waals surface area contributed by atoms with Crippen molar-refractivity contribution in [3.8, 4) is 0 Å². The first-order valence-corrected chi connectivity index (χ1v) is 6.96. The van der Waals surface area contributed by atoms with Crippen LogP contribution in [0.2, 0.25) is 0 Å². The van der Waals surface area contributed by atoms with Gasteiger partial charge in [0.15, 0.2) is 0 Å². The van der Waals surface area contributed by atoms with Gasteiger partial charge in [-0.05, 0) is 43.7 Å². The highest BCUT2D eigenvalue weighted by Gasteiger charge is 2.06. The van der Waals surface area contributed by atoms with Gasteiger partial charge in [-0.2, -0.15) is 0 Å². The minimum atomic E-state index is -0.524. The van der Waals surface area contributed by atoms with Crippen LogP contribution in [0.4, 0.5) is 11.4 Å². The zero-order chi connectivity index (χ0) is 16.1. The highest BCUT2D eigenvalue weighted by Crippen LogP contribution is 2.16. The number of carbonyl (C=O) groups excluding carboxylic acids is 2. The van der Waals surface area contributed by atoms with Gasteiger partial charge in [0.25, 0.3) is 0 Å². The molecule has 2 aromatic carbocycles. The molecule has 0 unspecified atom stereocenters. The fourth-order valence-electron chi connectivity index (χ4n) is 2.14. The van der Waals surface area contributed by atoms with Crippen molar-refractivity contribution < 1.29 is 9.59 Å². The van der Waals surface area contributed by atoms with Crippen LogP contribution in [0.15, 0.2) is 42.5 Å². The van der Waals surface area contributed by atoms with Crippen LogP contribution in [0.5, 0.6) is 0 Å². The van der Waals surface area contributed by atoms with E-state index in [1.54, 1.807) is 24.3 Å². The number of hydrogen-bond donors (Lipinski definition) is 3. The number of anilines is 2. The Labute approximate surface area is 129 Å². The molecule has 0 fully saturated rings. The third-order valence-corrected chi connectivity index (χ3v) is 3.25. The van der Waals surface area contributed by atoms with Crippen molar-refractivity contribution in [1.82, 2.24) is 0 Å². The number of primary amides is 1. The summed E-state index contributed by atoms with van der Waals surface area (Å²) in [6.07, 6.45) is 0. The van der Waals surface area contributed by atoms with Crippen LogP contribution in [0, 0.1) is 13.8 Å². The first-order chi connectivity index (χ1) is 10.5. The normalized spacial score (nSPS) is 10.1. The second-order valence-corrected chi connectivity index (χ2v) is 5.17. The SMILES string of the molecule is Cc1ccc(NCC(=O)Nc2cccc(C(N)=O)c2)c(C)c1. The molecule has 22 heavy (non-hydrogen) atoms. The van der Waals surface area contributed by atoms with Gasteiger partial charge < -0.3 is 16.4 Å². The van der Waals surface area contributed by atoms with Crippen molar-refractivity contribution in [2.24, 2.45) is 5.73 Å². The van der Waals surface area contributed by atoms with Gasteiger partial charge in [0.05, 0.1) is 6.54 Å². The van der Waals surface area contributed by atoms with E-state index in [9.17, 15) is 9.59 Å². The Morgan fingerprint density at radius 2 is 1.86 bits per heavy atom. The average Bonchev–Trinajstić information content (AvgIpc) is 2.46. The summed E-state index contributed by atoms with van der Waals surface area (Å²) in [5, 5.41) is 5.82. The van der Waals surface area contributed by atoms with Crippen LogP contribution in [0.1, 0.15) is 21.5 Å². The predicted octanol–water partition coefficient (Wildman–Crippen LogP) is 2.45. The van der Waals surface area contributed by atoms with Crippen LogP contribution in [-0.2, 0) is 4.79 Å². The predicted molar refractivity (Wildman–Crippen MR) is 88.0 cm³/mol. The summed E-state index contributed by atoms with van der Waals surface area (Å²) >= 11 is 0. The standard InChI is InChI=1S/C17H19N3O2/c1-11-6-7-15(12(2)8-11)19-10-16(21)20-14-5-3-4-13(9-14)17(18)22/h3-9,19H,10H2,1-2H3,(H2,18,22)(H,20,21). The lowest BCUT2D eigenvalue weighted by Gasteiger charge is -2.11. The van der Waals surface area contributed by atoms with Gasteiger partial charge in [-0.1, -0.05) is 23.8 Å². The molecule has 0 saturated carbocycles. The summed E-state index contributed by atoms with van der Waals surface area (Å²) in [4.78, 5) is 23.1. The summed E-state index contributed by atoms with van der Waals surface area (Å²) < 4.78 is 0. The zero-order valence-corrected chi connectivity index (χ0v) is 12.6. The van der Waals surface area contributed by atoms with E-state index in [2.05, 4.69) is 16.7 Å². The van der Waals surface area contributed by atoms with Crippen LogP contribution < -0.4 is 16.4 Å². The Kier molecular flexibility index (Phi) is 4.78. The Balaban J connectivity index is 1.95. The molecule has 0 aliphatic heterocycles. The van der Waals surface area contributed by atoms with E-state index in [0.29, 0.717) is 11.3 Å². The van der Waals surface area contributed by atoms with Gasteiger partial charge in [0, 0.05) is 16.9 Å². The molecule has 5 heteroatoms. The lowest BCUT2D eigenvalue weighted by Crippen LogP contribution is -2.22. The lowest BCUT2D eigenvalue weighted by atomic mass is 10.1. The fraction of sp³-hybridized carbons (Fsp3) is 0.176. The van der Waals surface area contributed by atoms with E-state index in [1.165, 1.54) is 5.56 Å². The Morgan fingerprint density at radius 3 is 2.55 bits per heavy atom. The van der Waals surface area contributed by atoms with E-state index in [0.717, 1.165) is 11.3 Å². The van der Waals surface area contributed by atoms with Gasteiger partial charge in [-0.15, -0.1) is 0 Å². The fourth-order valence-corrected chi connectivity index (χ4v) is 2.14. The van der Waals surface area contributed by atoms with Crippen molar-refractivity contribution in [1.29, 1.82) is 0 Å². The third kappa shape index (κ3) is 4.09. The molecule has 5 nitrogen and oxygen atoms in total. The van der Waals surface area contributed by atoms with Gasteiger partial charge in [0.2, 0.25) is 11.8 Å². The van der Waals surface area contributed by atoms with E-state index in [4.69, 9.17) is 5.73 Å². The molecule has 2 amide bonds. The molecule has 0 atom stereocenters. The maximum Gasteiger partial charge on any atom is 0.248 e. The number of aryl methyl sites for hydroxylation is 2. The monoisotopic (exact) mass is 297 g/mol. The molecule has 0 aliphatic rings. The number of carbonyl (C=O) groups is 2. The number of hydrogen-bond acceptors (Lipinski definition) is 3. The number of nitrogens with two attached hydrogens (primary N) is 1. The maximum absolute atomic E-state index is 12.0. The van der Waals surface area contributed by atoms with Gasteiger partial charge in [0.1, 0.15) is 0 Å². The molecule has 4 N–H and O–H groups in total. The van der Waals surface area contributed by atoms with Crippen LogP contribution in [0.3, 0.4) is 0 Å². The molecular weight excluding hydrogens is 278 g/mol. The van der Waals surface area contributed by atoms with Crippen molar-refractivity contribution in [3.05, 3.63) is 59.2 Å². The molecule has 0 spiro atoms. The summed E-state index contributed by atoms with van der Waals surface area (Å²) in [6, 6.07) is 12.5. The highest BCUT2D eigenvalue weighted by molar-refractivity contribution is 5.97. The quantitative estimate of drug-likeness (QED) is 0.792.